The number of carbonyl (C=O) groups is 1. The van der Waals surface area contributed by atoms with E-state index >= 15 is 0 Å². The van der Waals surface area contributed by atoms with Crippen LogP contribution in [0.2, 0.25) is 0 Å². The summed E-state index contributed by atoms with van der Waals surface area (Å²) in [6.45, 7) is 2.34. The number of rotatable bonds is 7. The molecule has 144 valence electrons. The van der Waals surface area contributed by atoms with E-state index in [1.54, 1.807) is 13.2 Å². The zero-order valence-corrected chi connectivity index (χ0v) is 16.1. The summed E-state index contributed by atoms with van der Waals surface area (Å²) in [6, 6.07) is 10.0. The molecule has 0 atom stereocenters. The fraction of sp³-hybridized carbons (Fsp3) is 0.476. The topological polar surface area (TPSA) is 76.1 Å². The third kappa shape index (κ3) is 5.42. The SMILES string of the molecule is COc1ccccc1CCNC(=O)c1cc(NC2CCCCC2)nc(C)n1. The number of hydrogen-bond donors (Lipinski definition) is 2. The Kier molecular flexibility index (Phi) is 6.63. The highest BCUT2D eigenvalue weighted by molar-refractivity contribution is 5.92. The number of nitrogens with one attached hydrogen (secondary N) is 2. The highest BCUT2D eigenvalue weighted by Crippen LogP contribution is 2.21. The van der Waals surface area contributed by atoms with Gasteiger partial charge in [-0.2, -0.15) is 0 Å². The van der Waals surface area contributed by atoms with Crippen molar-refractivity contribution in [3.8, 4) is 5.75 Å². The van der Waals surface area contributed by atoms with Crippen LogP contribution in [0.4, 0.5) is 5.82 Å². The van der Waals surface area contributed by atoms with Gasteiger partial charge in [-0.3, -0.25) is 4.79 Å². The van der Waals surface area contributed by atoms with Gasteiger partial charge in [0.15, 0.2) is 0 Å². The molecular formula is C21H28N4O2. The fourth-order valence-electron chi connectivity index (χ4n) is 3.52. The molecule has 0 aliphatic heterocycles. The molecular weight excluding hydrogens is 340 g/mol. The van der Waals surface area contributed by atoms with Crippen molar-refractivity contribution < 1.29 is 9.53 Å². The summed E-state index contributed by atoms with van der Waals surface area (Å²) in [5.41, 5.74) is 1.47. The van der Waals surface area contributed by atoms with Crippen LogP contribution in [0.15, 0.2) is 30.3 Å². The van der Waals surface area contributed by atoms with Crippen LogP contribution in [0.1, 0.15) is 54.0 Å². The highest BCUT2D eigenvalue weighted by atomic mass is 16.5. The van der Waals surface area contributed by atoms with Crippen molar-refractivity contribution in [3.05, 3.63) is 47.4 Å². The van der Waals surface area contributed by atoms with E-state index in [2.05, 4.69) is 20.6 Å². The molecule has 0 saturated heterocycles. The van der Waals surface area contributed by atoms with Crippen molar-refractivity contribution in [3.63, 3.8) is 0 Å². The number of para-hydroxylation sites is 1. The summed E-state index contributed by atoms with van der Waals surface area (Å²) in [6.07, 6.45) is 6.82. The summed E-state index contributed by atoms with van der Waals surface area (Å²) in [4.78, 5) is 21.3. The number of nitrogens with zero attached hydrogens (tertiary/aromatic N) is 2. The quantitative estimate of drug-likeness (QED) is 0.782. The zero-order valence-electron chi connectivity index (χ0n) is 16.1. The number of aromatic nitrogens is 2. The van der Waals surface area contributed by atoms with Crippen molar-refractivity contribution in [2.45, 2.75) is 51.5 Å². The second-order valence-corrected chi connectivity index (χ2v) is 6.98. The predicted molar refractivity (Wildman–Crippen MR) is 106 cm³/mol. The normalized spacial score (nSPS) is 14.6. The first-order valence-corrected chi connectivity index (χ1v) is 9.68. The van der Waals surface area contributed by atoms with Gasteiger partial charge in [0.2, 0.25) is 0 Å². The molecule has 1 aromatic heterocycles. The van der Waals surface area contributed by atoms with Crippen LogP contribution in [-0.4, -0.2) is 35.6 Å². The van der Waals surface area contributed by atoms with Crippen LogP contribution in [-0.2, 0) is 6.42 Å². The van der Waals surface area contributed by atoms with Gasteiger partial charge in [0.25, 0.3) is 5.91 Å². The number of hydrogen-bond acceptors (Lipinski definition) is 5. The standard InChI is InChI=1S/C21H28N4O2/c1-15-23-18(14-20(24-15)25-17-9-4-3-5-10-17)21(26)22-13-12-16-8-6-7-11-19(16)27-2/h6-8,11,14,17H,3-5,9-10,12-13H2,1-2H3,(H,22,26)(H,23,24,25). The van der Waals surface area contributed by atoms with Crippen molar-refractivity contribution in [1.29, 1.82) is 0 Å². The lowest BCUT2D eigenvalue weighted by Crippen LogP contribution is -2.28. The van der Waals surface area contributed by atoms with E-state index in [0.29, 0.717) is 30.5 Å². The third-order valence-electron chi connectivity index (χ3n) is 4.90. The van der Waals surface area contributed by atoms with Gasteiger partial charge in [-0.1, -0.05) is 37.5 Å². The summed E-state index contributed by atoms with van der Waals surface area (Å²) in [7, 11) is 1.65. The van der Waals surface area contributed by atoms with E-state index in [4.69, 9.17) is 4.74 Å². The first-order chi connectivity index (χ1) is 13.2. The molecule has 0 radical (unpaired) electrons. The number of methoxy groups -OCH3 is 1. The Hall–Kier alpha value is -2.63. The molecule has 1 amide bonds. The summed E-state index contributed by atoms with van der Waals surface area (Å²) >= 11 is 0. The minimum Gasteiger partial charge on any atom is -0.496 e. The maximum Gasteiger partial charge on any atom is 0.270 e. The number of ether oxygens (including phenoxy) is 1. The molecule has 6 nitrogen and oxygen atoms in total. The highest BCUT2D eigenvalue weighted by Gasteiger charge is 2.16. The largest absolute Gasteiger partial charge is 0.496 e. The van der Waals surface area contributed by atoms with Gasteiger partial charge in [0, 0.05) is 18.7 Å². The van der Waals surface area contributed by atoms with Crippen LogP contribution in [0.3, 0.4) is 0 Å². The summed E-state index contributed by atoms with van der Waals surface area (Å²) in [5, 5.41) is 6.41. The summed E-state index contributed by atoms with van der Waals surface area (Å²) < 4.78 is 5.35. The maximum absolute atomic E-state index is 12.5. The molecule has 27 heavy (non-hydrogen) atoms. The zero-order chi connectivity index (χ0) is 19.1. The average Bonchev–Trinajstić information content (AvgIpc) is 2.68. The lowest BCUT2D eigenvalue weighted by molar-refractivity contribution is 0.0948. The van der Waals surface area contributed by atoms with Crippen LogP contribution in [0.5, 0.6) is 5.75 Å². The molecule has 1 aliphatic carbocycles. The minimum atomic E-state index is -0.179. The van der Waals surface area contributed by atoms with E-state index in [9.17, 15) is 4.79 Å². The molecule has 0 spiro atoms. The smallest absolute Gasteiger partial charge is 0.270 e. The number of amides is 1. The second-order valence-electron chi connectivity index (χ2n) is 6.98. The molecule has 6 heteroatoms. The Bertz CT molecular complexity index is 773. The van der Waals surface area contributed by atoms with Crippen LogP contribution in [0.25, 0.3) is 0 Å². The van der Waals surface area contributed by atoms with Gasteiger partial charge in [-0.05, 0) is 37.8 Å². The molecule has 2 aromatic rings. The molecule has 1 aromatic carbocycles. The predicted octanol–water partition coefficient (Wildman–Crippen LogP) is 3.51. The molecule has 1 fully saturated rings. The van der Waals surface area contributed by atoms with Gasteiger partial charge in [-0.25, -0.2) is 9.97 Å². The second kappa shape index (κ2) is 9.35. The van der Waals surface area contributed by atoms with Crippen LogP contribution in [0, 0.1) is 6.92 Å². The van der Waals surface area contributed by atoms with Crippen molar-refractivity contribution in [2.75, 3.05) is 19.0 Å². The molecule has 0 unspecified atom stereocenters. The van der Waals surface area contributed by atoms with Gasteiger partial charge in [-0.15, -0.1) is 0 Å². The molecule has 2 N–H and O–H groups in total. The van der Waals surface area contributed by atoms with E-state index < -0.39 is 0 Å². The monoisotopic (exact) mass is 368 g/mol. The van der Waals surface area contributed by atoms with Gasteiger partial charge < -0.3 is 15.4 Å². The average molecular weight is 368 g/mol. The van der Waals surface area contributed by atoms with Crippen LogP contribution >= 0.6 is 0 Å². The van der Waals surface area contributed by atoms with E-state index in [1.165, 1.54) is 19.3 Å². The Morgan fingerprint density at radius 3 is 2.74 bits per heavy atom. The minimum absolute atomic E-state index is 0.179. The van der Waals surface area contributed by atoms with E-state index in [-0.39, 0.29) is 5.91 Å². The van der Waals surface area contributed by atoms with E-state index in [0.717, 1.165) is 30.0 Å². The molecule has 3 rings (SSSR count). The third-order valence-corrected chi connectivity index (χ3v) is 4.90. The number of aryl methyl sites for hydroxylation is 1. The van der Waals surface area contributed by atoms with Crippen LogP contribution < -0.4 is 15.4 Å². The Morgan fingerprint density at radius 1 is 1.19 bits per heavy atom. The van der Waals surface area contributed by atoms with Crippen molar-refractivity contribution >= 4 is 11.7 Å². The Labute approximate surface area is 160 Å². The molecule has 1 saturated carbocycles. The first-order valence-electron chi connectivity index (χ1n) is 9.68. The van der Waals surface area contributed by atoms with E-state index in [1.807, 2.05) is 31.2 Å². The number of carbonyl (C=O) groups excluding carboxylic acids is 1. The van der Waals surface area contributed by atoms with Crippen molar-refractivity contribution in [1.82, 2.24) is 15.3 Å². The lowest BCUT2D eigenvalue weighted by Gasteiger charge is -2.23. The first kappa shape index (κ1) is 19.1. The van der Waals surface area contributed by atoms with Gasteiger partial charge >= 0.3 is 0 Å². The molecule has 1 aliphatic rings. The molecule has 1 heterocycles. The van der Waals surface area contributed by atoms with Crippen molar-refractivity contribution in [2.24, 2.45) is 0 Å². The Morgan fingerprint density at radius 2 is 1.96 bits per heavy atom. The molecule has 0 bridgehead atoms. The van der Waals surface area contributed by atoms with Gasteiger partial charge in [0.1, 0.15) is 23.1 Å². The Balaban J connectivity index is 1.58. The number of anilines is 1. The number of benzene rings is 1. The maximum atomic E-state index is 12.5. The lowest BCUT2D eigenvalue weighted by atomic mass is 9.95. The summed E-state index contributed by atoms with van der Waals surface area (Å²) in [5.74, 6) is 2.00. The van der Waals surface area contributed by atoms with Gasteiger partial charge in [0.05, 0.1) is 7.11 Å². The fourth-order valence-corrected chi connectivity index (χ4v) is 3.52.